The van der Waals surface area contributed by atoms with Crippen LogP contribution in [-0.4, -0.2) is 34.8 Å². The lowest BCUT2D eigenvalue weighted by atomic mass is 10.00. The maximum atomic E-state index is 9.22. The van der Waals surface area contributed by atoms with Crippen molar-refractivity contribution in [3.8, 4) is 0 Å². The van der Waals surface area contributed by atoms with Crippen molar-refractivity contribution < 1.29 is 5.11 Å². The molecule has 1 aliphatic rings. The summed E-state index contributed by atoms with van der Waals surface area (Å²) in [4.78, 5) is 10.6. The van der Waals surface area contributed by atoms with E-state index in [9.17, 15) is 5.11 Å². The van der Waals surface area contributed by atoms with Crippen LogP contribution in [0.3, 0.4) is 0 Å². The van der Waals surface area contributed by atoms with Gasteiger partial charge in [0.05, 0.1) is 0 Å². The van der Waals surface area contributed by atoms with Gasteiger partial charge in [0.1, 0.15) is 16.8 Å². The van der Waals surface area contributed by atoms with Crippen LogP contribution in [0, 0.1) is 18.8 Å². The second-order valence-corrected chi connectivity index (χ2v) is 4.81. The molecule has 0 amide bonds. The quantitative estimate of drug-likeness (QED) is 0.798. The van der Waals surface area contributed by atoms with E-state index in [4.69, 9.17) is 11.6 Å². The number of aromatic nitrogens is 2. The van der Waals surface area contributed by atoms with Gasteiger partial charge in [-0.05, 0) is 12.8 Å². The van der Waals surface area contributed by atoms with Gasteiger partial charge in [0.25, 0.3) is 0 Å². The van der Waals surface area contributed by atoms with Gasteiger partial charge < -0.3 is 10.0 Å². The molecule has 1 N–H and O–H groups in total. The molecule has 2 rings (SSSR count). The molecule has 0 radical (unpaired) electrons. The summed E-state index contributed by atoms with van der Waals surface area (Å²) >= 11 is 5.91. The Morgan fingerprint density at radius 3 is 2.81 bits per heavy atom. The highest BCUT2D eigenvalue weighted by atomic mass is 35.5. The molecule has 5 heteroatoms. The summed E-state index contributed by atoms with van der Waals surface area (Å²) in [7, 11) is 0. The molecule has 2 atom stereocenters. The highest BCUT2D eigenvalue weighted by molar-refractivity contribution is 6.29. The Morgan fingerprint density at radius 1 is 1.50 bits per heavy atom. The van der Waals surface area contributed by atoms with Gasteiger partial charge in [-0.2, -0.15) is 0 Å². The van der Waals surface area contributed by atoms with Crippen molar-refractivity contribution in [1.29, 1.82) is 0 Å². The van der Waals surface area contributed by atoms with E-state index in [0.29, 0.717) is 22.8 Å². The van der Waals surface area contributed by atoms with Crippen molar-refractivity contribution >= 4 is 17.4 Å². The van der Waals surface area contributed by atoms with E-state index >= 15 is 0 Å². The number of anilines is 1. The Balaban J connectivity index is 2.19. The number of nitrogens with zero attached hydrogens (tertiary/aromatic N) is 3. The van der Waals surface area contributed by atoms with Crippen molar-refractivity contribution in [3.05, 3.63) is 17.0 Å². The average Bonchev–Trinajstić information content (AvgIpc) is 2.58. The van der Waals surface area contributed by atoms with E-state index in [1.807, 2.05) is 6.92 Å². The average molecular weight is 242 g/mol. The van der Waals surface area contributed by atoms with E-state index in [0.717, 1.165) is 18.9 Å². The maximum Gasteiger partial charge on any atom is 0.134 e. The first-order chi connectivity index (χ1) is 7.60. The molecular formula is C11H16ClN3O. The molecule has 0 aliphatic carbocycles. The minimum Gasteiger partial charge on any atom is -0.396 e. The maximum absolute atomic E-state index is 9.22. The Hall–Kier alpha value is -0.870. The van der Waals surface area contributed by atoms with Gasteiger partial charge in [-0.15, -0.1) is 0 Å². The molecule has 88 valence electrons. The minimum absolute atomic E-state index is 0.232. The Bertz CT molecular complexity index is 365. The first-order valence-corrected chi connectivity index (χ1v) is 5.85. The summed E-state index contributed by atoms with van der Waals surface area (Å²) < 4.78 is 0. The summed E-state index contributed by atoms with van der Waals surface area (Å²) in [5.41, 5.74) is 0. The lowest BCUT2D eigenvalue weighted by Gasteiger charge is -2.17. The molecule has 16 heavy (non-hydrogen) atoms. The standard InChI is InChI=1S/C11H16ClN3O/c1-7-4-15(5-9(7)6-16)11-3-10(12)13-8(2)14-11/h3,7,9,16H,4-6H2,1-2H3. The molecule has 0 spiro atoms. The zero-order valence-corrected chi connectivity index (χ0v) is 10.3. The molecule has 0 saturated carbocycles. The molecule has 1 aromatic rings. The van der Waals surface area contributed by atoms with Crippen LogP contribution in [0.4, 0.5) is 5.82 Å². The second-order valence-electron chi connectivity index (χ2n) is 4.42. The number of aliphatic hydroxyl groups is 1. The first kappa shape index (κ1) is 11.6. The molecular weight excluding hydrogens is 226 g/mol. The van der Waals surface area contributed by atoms with Gasteiger partial charge in [0.15, 0.2) is 0 Å². The molecule has 1 fully saturated rings. The number of aryl methyl sites for hydroxylation is 1. The van der Waals surface area contributed by atoms with Crippen LogP contribution < -0.4 is 4.90 Å². The monoisotopic (exact) mass is 241 g/mol. The zero-order valence-electron chi connectivity index (χ0n) is 9.52. The lowest BCUT2D eigenvalue weighted by molar-refractivity contribution is 0.212. The largest absolute Gasteiger partial charge is 0.396 e. The number of hydrogen-bond donors (Lipinski definition) is 1. The zero-order chi connectivity index (χ0) is 11.7. The minimum atomic E-state index is 0.232. The summed E-state index contributed by atoms with van der Waals surface area (Å²) in [6, 6.07) is 1.78. The fourth-order valence-electron chi connectivity index (χ4n) is 2.14. The predicted octanol–water partition coefficient (Wildman–Crippen LogP) is 1.50. The van der Waals surface area contributed by atoms with Crippen LogP contribution in [0.25, 0.3) is 0 Å². The Labute approximate surface area is 100 Å². The van der Waals surface area contributed by atoms with E-state index in [1.165, 1.54) is 0 Å². The van der Waals surface area contributed by atoms with Gasteiger partial charge in [-0.1, -0.05) is 18.5 Å². The van der Waals surface area contributed by atoms with Crippen LogP contribution in [-0.2, 0) is 0 Å². The van der Waals surface area contributed by atoms with Crippen molar-refractivity contribution in [3.63, 3.8) is 0 Å². The highest BCUT2D eigenvalue weighted by Gasteiger charge is 2.29. The number of halogens is 1. The SMILES string of the molecule is Cc1nc(Cl)cc(N2CC(C)C(CO)C2)n1. The molecule has 1 aromatic heterocycles. The summed E-state index contributed by atoms with van der Waals surface area (Å²) in [6.07, 6.45) is 0. The smallest absolute Gasteiger partial charge is 0.134 e. The predicted molar refractivity (Wildman–Crippen MR) is 63.7 cm³/mol. The number of aliphatic hydroxyl groups excluding tert-OH is 1. The van der Waals surface area contributed by atoms with E-state index in [2.05, 4.69) is 21.8 Å². The third-order valence-electron chi connectivity index (χ3n) is 3.12. The van der Waals surface area contributed by atoms with Crippen molar-refractivity contribution in [2.45, 2.75) is 13.8 Å². The topological polar surface area (TPSA) is 49.2 Å². The van der Waals surface area contributed by atoms with Gasteiger partial charge in [-0.3, -0.25) is 0 Å². The molecule has 4 nitrogen and oxygen atoms in total. The molecule has 0 aromatic carbocycles. The highest BCUT2D eigenvalue weighted by Crippen LogP contribution is 2.27. The van der Waals surface area contributed by atoms with Crippen molar-refractivity contribution in [1.82, 2.24) is 9.97 Å². The van der Waals surface area contributed by atoms with Crippen LogP contribution in [0.15, 0.2) is 6.07 Å². The van der Waals surface area contributed by atoms with Crippen LogP contribution >= 0.6 is 11.6 Å². The Morgan fingerprint density at radius 2 is 2.25 bits per heavy atom. The fraction of sp³-hybridized carbons (Fsp3) is 0.636. The molecule has 1 aliphatic heterocycles. The van der Waals surface area contributed by atoms with Gasteiger partial charge in [-0.25, -0.2) is 9.97 Å². The molecule has 0 bridgehead atoms. The third kappa shape index (κ3) is 2.28. The third-order valence-corrected chi connectivity index (χ3v) is 3.31. The van der Waals surface area contributed by atoms with E-state index in [1.54, 1.807) is 6.07 Å². The second kappa shape index (κ2) is 4.55. The summed E-state index contributed by atoms with van der Waals surface area (Å²) in [5, 5.41) is 9.70. The summed E-state index contributed by atoms with van der Waals surface area (Å²) in [5.74, 6) is 2.36. The Kier molecular flexibility index (Phi) is 3.30. The van der Waals surface area contributed by atoms with E-state index in [-0.39, 0.29) is 6.61 Å². The van der Waals surface area contributed by atoms with Crippen LogP contribution in [0.2, 0.25) is 5.15 Å². The van der Waals surface area contributed by atoms with Gasteiger partial charge in [0.2, 0.25) is 0 Å². The number of rotatable bonds is 2. The first-order valence-electron chi connectivity index (χ1n) is 5.47. The van der Waals surface area contributed by atoms with Gasteiger partial charge in [0, 0.05) is 31.7 Å². The molecule has 1 saturated heterocycles. The van der Waals surface area contributed by atoms with Crippen LogP contribution in [0.1, 0.15) is 12.7 Å². The molecule has 2 unspecified atom stereocenters. The lowest BCUT2D eigenvalue weighted by Crippen LogP contribution is -2.22. The normalized spacial score (nSPS) is 25.1. The van der Waals surface area contributed by atoms with Crippen molar-refractivity contribution in [2.24, 2.45) is 11.8 Å². The van der Waals surface area contributed by atoms with Gasteiger partial charge >= 0.3 is 0 Å². The van der Waals surface area contributed by atoms with Crippen LogP contribution in [0.5, 0.6) is 0 Å². The van der Waals surface area contributed by atoms with Crippen molar-refractivity contribution in [2.75, 3.05) is 24.6 Å². The fourth-order valence-corrected chi connectivity index (χ4v) is 2.36. The number of hydrogen-bond acceptors (Lipinski definition) is 4. The molecule has 2 heterocycles. The summed E-state index contributed by atoms with van der Waals surface area (Å²) in [6.45, 7) is 5.97. The van der Waals surface area contributed by atoms with E-state index < -0.39 is 0 Å².